The van der Waals surface area contributed by atoms with Gasteiger partial charge in [-0.25, -0.2) is 4.68 Å². The molecule has 7 nitrogen and oxygen atoms in total. The van der Waals surface area contributed by atoms with Gasteiger partial charge in [0, 0.05) is 18.8 Å². The van der Waals surface area contributed by atoms with Gasteiger partial charge in [0.2, 0.25) is 5.43 Å². The summed E-state index contributed by atoms with van der Waals surface area (Å²) in [6, 6.07) is 16.7. The van der Waals surface area contributed by atoms with Crippen LogP contribution < -0.4 is 15.5 Å². The lowest BCUT2D eigenvalue weighted by molar-refractivity contribution is 0.0934. The first kappa shape index (κ1) is 21.3. The highest BCUT2D eigenvalue weighted by Crippen LogP contribution is 2.18. The smallest absolute Gasteiger partial charge is 0.275 e. The summed E-state index contributed by atoms with van der Waals surface area (Å²) in [5.41, 5.74) is 2.41. The molecular weight excluding hydrogens is 380 g/mol. The number of methoxy groups -OCH3 is 1. The number of hydrogen-bond acceptors (Lipinski definition) is 5. The molecule has 0 spiro atoms. The van der Waals surface area contributed by atoms with E-state index in [2.05, 4.69) is 10.4 Å². The number of carbonyl (C=O) groups excluding carboxylic acids is 1. The number of benzene rings is 2. The first-order valence-electron chi connectivity index (χ1n) is 9.64. The van der Waals surface area contributed by atoms with E-state index in [4.69, 9.17) is 4.74 Å². The molecule has 1 heterocycles. The van der Waals surface area contributed by atoms with Gasteiger partial charge in [0.15, 0.2) is 5.69 Å². The number of rotatable bonds is 7. The Morgan fingerprint density at radius 2 is 1.77 bits per heavy atom. The molecule has 0 aliphatic heterocycles. The van der Waals surface area contributed by atoms with Crippen LogP contribution in [0, 0.1) is 6.92 Å². The fourth-order valence-corrected chi connectivity index (χ4v) is 3.10. The van der Waals surface area contributed by atoms with E-state index in [0.29, 0.717) is 12.3 Å². The SMILES string of the molecule is COc1ccc(-n2ccc(=O)c(C(=O)NC[C@H](c3ccc(C)cc3)N(C)C)n2)cc1. The standard InChI is InChI=1S/C23H26N4O3/c1-16-5-7-17(8-6-16)20(26(2)3)15-24-23(29)22-21(28)13-14-27(25-22)18-9-11-19(30-4)12-10-18/h5-14,20H,15H2,1-4H3,(H,24,29)/t20-/m1/s1. The lowest BCUT2D eigenvalue weighted by Crippen LogP contribution is -2.37. The van der Waals surface area contributed by atoms with Crippen molar-refractivity contribution in [2.45, 2.75) is 13.0 Å². The maximum atomic E-state index is 12.7. The Kier molecular flexibility index (Phi) is 6.64. The van der Waals surface area contributed by atoms with Crippen LogP contribution in [0.2, 0.25) is 0 Å². The number of nitrogens with one attached hydrogen (secondary N) is 1. The number of likely N-dealkylation sites (N-methyl/N-ethyl adjacent to an activating group) is 1. The summed E-state index contributed by atoms with van der Waals surface area (Å²) in [4.78, 5) is 27.0. The van der Waals surface area contributed by atoms with Gasteiger partial charge >= 0.3 is 0 Å². The van der Waals surface area contributed by atoms with Gasteiger partial charge in [0.1, 0.15) is 5.75 Å². The highest BCUT2D eigenvalue weighted by molar-refractivity contribution is 5.92. The summed E-state index contributed by atoms with van der Waals surface area (Å²) in [6.07, 6.45) is 1.54. The molecule has 3 aromatic rings. The average Bonchev–Trinajstić information content (AvgIpc) is 2.75. The van der Waals surface area contributed by atoms with Crippen molar-refractivity contribution in [3.63, 3.8) is 0 Å². The summed E-state index contributed by atoms with van der Waals surface area (Å²) >= 11 is 0. The molecule has 1 atom stereocenters. The van der Waals surface area contributed by atoms with Gasteiger partial charge in [-0.3, -0.25) is 9.59 Å². The second kappa shape index (κ2) is 9.37. The first-order valence-corrected chi connectivity index (χ1v) is 9.64. The minimum Gasteiger partial charge on any atom is -0.497 e. The Balaban J connectivity index is 1.78. The van der Waals surface area contributed by atoms with Gasteiger partial charge in [0.05, 0.1) is 18.8 Å². The molecule has 30 heavy (non-hydrogen) atoms. The van der Waals surface area contributed by atoms with E-state index in [9.17, 15) is 9.59 Å². The Hall–Kier alpha value is -3.45. The molecule has 0 aliphatic rings. The zero-order valence-electron chi connectivity index (χ0n) is 17.6. The molecule has 3 rings (SSSR count). The Labute approximate surface area is 175 Å². The Morgan fingerprint density at radius 1 is 1.10 bits per heavy atom. The average molecular weight is 406 g/mol. The van der Waals surface area contributed by atoms with E-state index in [0.717, 1.165) is 11.3 Å². The van der Waals surface area contributed by atoms with Crippen LogP contribution in [-0.2, 0) is 0 Å². The molecule has 0 saturated carbocycles. The van der Waals surface area contributed by atoms with E-state index < -0.39 is 11.3 Å². The fourth-order valence-electron chi connectivity index (χ4n) is 3.10. The second-order valence-electron chi connectivity index (χ2n) is 7.27. The van der Waals surface area contributed by atoms with Crippen LogP contribution in [0.1, 0.15) is 27.7 Å². The van der Waals surface area contributed by atoms with Crippen LogP contribution >= 0.6 is 0 Å². The monoisotopic (exact) mass is 406 g/mol. The summed E-state index contributed by atoms with van der Waals surface area (Å²) in [7, 11) is 5.49. The third kappa shape index (κ3) is 4.93. The molecule has 156 valence electrons. The van der Waals surface area contributed by atoms with Crippen LogP contribution in [0.3, 0.4) is 0 Å². The van der Waals surface area contributed by atoms with Crippen molar-refractivity contribution in [2.75, 3.05) is 27.7 Å². The van der Waals surface area contributed by atoms with Gasteiger partial charge in [-0.1, -0.05) is 29.8 Å². The number of ether oxygens (including phenoxy) is 1. The highest BCUT2D eigenvalue weighted by atomic mass is 16.5. The third-order valence-electron chi connectivity index (χ3n) is 4.90. The van der Waals surface area contributed by atoms with E-state index in [-0.39, 0.29) is 11.7 Å². The van der Waals surface area contributed by atoms with Crippen LogP contribution in [0.25, 0.3) is 5.69 Å². The van der Waals surface area contributed by atoms with Crippen molar-refractivity contribution < 1.29 is 9.53 Å². The van der Waals surface area contributed by atoms with Crippen LogP contribution in [0.4, 0.5) is 0 Å². The molecule has 0 unspecified atom stereocenters. The lowest BCUT2D eigenvalue weighted by Gasteiger charge is -2.25. The van der Waals surface area contributed by atoms with Crippen LogP contribution in [0.15, 0.2) is 65.6 Å². The summed E-state index contributed by atoms with van der Waals surface area (Å²) in [5.74, 6) is 0.213. The predicted octanol–water partition coefficient (Wildman–Crippen LogP) is 2.58. The zero-order valence-corrected chi connectivity index (χ0v) is 17.6. The molecule has 0 fully saturated rings. The summed E-state index contributed by atoms with van der Waals surface area (Å²) in [6.45, 7) is 2.39. The largest absolute Gasteiger partial charge is 0.497 e. The Morgan fingerprint density at radius 3 is 2.37 bits per heavy atom. The molecule has 2 aromatic carbocycles. The number of hydrogen-bond donors (Lipinski definition) is 1. The molecule has 0 aliphatic carbocycles. The Bertz CT molecular complexity index is 1060. The van der Waals surface area contributed by atoms with Gasteiger partial charge < -0.3 is 15.0 Å². The molecular formula is C23H26N4O3. The summed E-state index contributed by atoms with van der Waals surface area (Å²) < 4.78 is 6.65. The van der Waals surface area contributed by atoms with Gasteiger partial charge in [-0.05, 0) is 50.8 Å². The minimum atomic E-state index is -0.498. The predicted molar refractivity (Wildman–Crippen MR) is 116 cm³/mol. The van der Waals surface area contributed by atoms with E-state index in [1.54, 1.807) is 31.4 Å². The molecule has 0 saturated heterocycles. The maximum absolute atomic E-state index is 12.7. The van der Waals surface area contributed by atoms with Crippen LogP contribution in [-0.4, -0.2) is 48.3 Å². The first-order chi connectivity index (χ1) is 14.4. The molecule has 1 amide bonds. The minimum absolute atomic E-state index is 0.0259. The number of carbonyl (C=O) groups is 1. The zero-order chi connectivity index (χ0) is 21.7. The van der Waals surface area contributed by atoms with E-state index in [1.807, 2.05) is 50.2 Å². The van der Waals surface area contributed by atoms with Crippen molar-refractivity contribution >= 4 is 5.91 Å². The number of aryl methyl sites for hydroxylation is 1. The highest BCUT2D eigenvalue weighted by Gasteiger charge is 2.18. The van der Waals surface area contributed by atoms with Crippen LogP contribution in [0.5, 0.6) is 5.75 Å². The van der Waals surface area contributed by atoms with Crippen molar-refractivity contribution in [3.8, 4) is 11.4 Å². The molecule has 1 aromatic heterocycles. The quantitative estimate of drug-likeness (QED) is 0.653. The third-order valence-corrected chi connectivity index (χ3v) is 4.90. The molecule has 0 radical (unpaired) electrons. The van der Waals surface area contributed by atoms with Gasteiger partial charge in [-0.2, -0.15) is 5.10 Å². The molecule has 0 bridgehead atoms. The fraction of sp³-hybridized carbons (Fsp3) is 0.261. The maximum Gasteiger partial charge on any atom is 0.275 e. The lowest BCUT2D eigenvalue weighted by atomic mass is 10.0. The summed E-state index contributed by atoms with van der Waals surface area (Å²) in [5, 5.41) is 7.10. The van der Waals surface area contributed by atoms with Crippen molar-refractivity contribution in [3.05, 3.63) is 87.8 Å². The van der Waals surface area contributed by atoms with Crippen molar-refractivity contribution in [1.82, 2.24) is 20.0 Å². The number of aromatic nitrogens is 2. The number of nitrogens with zero attached hydrogens (tertiary/aromatic N) is 3. The van der Waals surface area contributed by atoms with Gasteiger partial charge in [0.25, 0.3) is 5.91 Å². The van der Waals surface area contributed by atoms with Gasteiger partial charge in [-0.15, -0.1) is 0 Å². The molecule has 7 heteroatoms. The molecule has 1 N–H and O–H groups in total. The van der Waals surface area contributed by atoms with E-state index in [1.165, 1.54) is 22.5 Å². The van der Waals surface area contributed by atoms with E-state index >= 15 is 0 Å². The normalized spacial score (nSPS) is 11.9. The second-order valence-corrected chi connectivity index (χ2v) is 7.27. The van der Waals surface area contributed by atoms with Crippen molar-refractivity contribution in [1.29, 1.82) is 0 Å². The topological polar surface area (TPSA) is 76.5 Å². The van der Waals surface area contributed by atoms with Crippen molar-refractivity contribution in [2.24, 2.45) is 0 Å². The number of amides is 1.